The maximum absolute atomic E-state index is 13.1. The molecule has 0 aromatic carbocycles. The molecule has 0 unspecified atom stereocenters. The molecule has 6 N–H and O–H groups in total. The molecule has 3 heterocycles. The summed E-state index contributed by atoms with van der Waals surface area (Å²) in [4.78, 5) is 45.9. The average Bonchev–Trinajstić information content (AvgIpc) is 3.32. The Morgan fingerprint density at radius 3 is 2.53 bits per heavy atom. The molecule has 0 aliphatic carbocycles. The number of nitrogens with zero attached hydrogens (tertiary/aromatic N) is 5. The summed E-state index contributed by atoms with van der Waals surface area (Å²) < 4.78 is 34.4. The van der Waals surface area contributed by atoms with Gasteiger partial charge in [-0.1, -0.05) is 5.16 Å². The number of aliphatic carboxylic acids is 1. The number of hydrogen-bond donors (Lipinski definition) is 4. The van der Waals surface area contributed by atoms with Crippen LogP contribution in [0.25, 0.3) is 0 Å². The lowest BCUT2D eigenvalue weighted by molar-refractivity contribution is -0.161. The van der Waals surface area contributed by atoms with E-state index in [0.29, 0.717) is 0 Å². The molecule has 17 heteroatoms. The molecule has 0 spiro atoms. The maximum atomic E-state index is 13.1. The number of carbonyl (C=O) groups excluding carboxylic acids is 2. The van der Waals surface area contributed by atoms with E-state index in [9.17, 15) is 32.5 Å². The Bertz CT molecular complexity index is 1270. The Morgan fingerprint density at radius 1 is 1.35 bits per heavy atom. The number of carbonyl (C=O) groups is 3. The minimum Gasteiger partial charge on any atom is -0.478 e. The zero-order valence-electron chi connectivity index (χ0n) is 17.9. The van der Waals surface area contributed by atoms with E-state index in [1.165, 1.54) is 36.2 Å². The maximum Gasteiger partial charge on any atom is 0.362 e. The topological polar surface area (TPSA) is 233 Å². The molecule has 1 fully saturated rings. The summed E-state index contributed by atoms with van der Waals surface area (Å²) in [5.41, 5.74) is 8.97. The van der Waals surface area contributed by atoms with Gasteiger partial charge < -0.3 is 21.4 Å². The molecular formula is C17H21N7O8S2. The Morgan fingerprint density at radius 2 is 2.03 bits per heavy atom. The summed E-state index contributed by atoms with van der Waals surface area (Å²) in [6.07, 6.45) is 0.894. The molecule has 1 aliphatic heterocycles. The summed E-state index contributed by atoms with van der Waals surface area (Å²) in [6.45, 7) is 2.24. The molecule has 3 rings (SSSR count). The van der Waals surface area contributed by atoms with Crippen LogP contribution < -0.4 is 11.5 Å². The number of carboxylic acids is 1. The van der Waals surface area contributed by atoms with E-state index in [2.05, 4.69) is 15.2 Å². The lowest BCUT2D eigenvalue weighted by Gasteiger charge is -2.43. The fraction of sp³-hybridized carbons (Fsp3) is 0.412. The first-order valence-corrected chi connectivity index (χ1v) is 11.8. The van der Waals surface area contributed by atoms with Gasteiger partial charge in [0.2, 0.25) is 11.5 Å². The van der Waals surface area contributed by atoms with Crippen molar-refractivity contribution >= 4 is 56.0 Å². The van der Waals surface area contributed by atoms with E-state index in [0.717, 1.165) is 11.3 Å². The average molecular weight is 516 g/mol. The molecule has 1 saturated heterocycles. The van der Waals surface area contributed by atoms with Crippen molar-refractivity contribution in [3.8, 4) is 0 Å². The third-order valence-corrected chi connectivity index (χ3v) is 6.52. The number of nitrogen functional groups attached to an aromatic ring is 2. The van der Waals surface area contributed by atoms with Gasteiger partial charge in [-0.3, -0.25) is 18.8 Å². The zero-order valence-corrected chi connectivity index (χ0v) is 19.5. The van der Waals surface area contributed by atoms with Crippen LogP contribution in [0.3, 0.4) is 0 Å². The van der Waals surface area contributed by atoms with Crippen LogP contribution in [0.1, 0.15) is 26.0 Å². The number of oxime groups is 1. The van der Waals surface area contributed by atoms with Crippen LogP contribution in [-0.4, -0.2) is 72.2 Å². The number of nitrogens with two attached hydrogens (primary N) is 2. The highest BCUT2D eigenvalue weighted by atomic mass is 32.2. The van der Waals surface area contributed by atoms with Crippen LogP contribution in [0.15, 0.2) is 22.8 Å². The van der Waals surface area contributed by atoms with Gasteiger partial charge in [-0.2, -0.15) is 13.5 Å². The fourth-order valence-corrected chi connectivity index (χ4v) is 4.55. The second-order valence-electron chi connectivity index (χ2n) is 7.79. The van der Waals surface area contributed by atoms with Crippen molar-refractivity contribution in [2.45, 2.75) is 38.5 Å². The largest absolute Gasteiger partial charge is 0.478 e. The number of anilines is 2. The molecule has 2 aromatic heterocycles. The number of Topliss-reactive ketones (excluding diaryl/α,β-unsaturated/α-hetero) is 1. The van der Waals surface area contributed by atoms with Crippen molar-refractivity contribution in [1.29, 1.82) is 0 Å². The predicted molar refractivity (Wildman–Crippen MR) is 118 cm³/mol. The first-order chi connectivity index (χ1) is 15.7. The van der Waals surface area contributed by atoms with Crippen LogP contribution in [-0.2, 0) is 36.1 Å². The molecule has 0 saturated carbocycles. The molecule has 1 amide bonds. The van der Waals surface area contributed by atoms with Crippen LogP contribution >= 0.6 is 11.3 Å². The van der Waals surface area contributed by atoms with Crippen LogP contribution in [0.2, 0.25) is 0 Å². The summed E-state index contributed by atoms with van der Waals surface area (Å²) in [6, 6.07) is 0.293. The third kappa shape index (κ3) is 5.15. The van der Waals surface area contributed by atoms with Crippen molar-refractivity contribution in [3.05, 3.63) is 23.3 Å². The second-order valence-corrected chi connectivity index (χ2v) is 9.97. The first-order valence-electron chi connectivity index (χ1n) is 9.54. The monoisotopic (exact) mass is 515 g/mol. The number of ketones is 1. The predicted octanol–water partition coefficient (Wildman–Crippen LogP) is -0.623. The van der Waals surface area contributed by atoms with Crippen LogP contribution in [0, 0.1) is 5.92 Å². The Labute approximate surface area is 196 Å². The Balaban J connectivity index is 1.89. The fourth-order valence-electron chi connectivity index (χ4n) is 3.09. The van der Waals surface area contributed by atoms with Crippen molar-refractivity contribution in [2.24, 2.45) is 11.1 Å². The zero-order chi connectivity index (χ0) is 25.4. The molecule has 2 atom stereocenters. The minimum absolute atomic E-state index is 0.0107. The summed E-state index contributed by atoms with van der Waals surface area (Å²) in [5, 5.41) is 18.3. The highest BCUT2D eigenvalue weighted by Crippen LogP contribution is 2.34. The molecule has 184 valence electrons. The highest BCUT2D eigenvalue weighted by Gasteiger charge is 2.54. The van der Waals surface area contributed by atoms with Gasteiger partial charge in [0.05, 0.1) is 18.5 Å². The van der Waals surface area contributed by atoms with Crippen molar-refractivity contribution in [2.75, 3.05) is 11.5 Å². The lowest BCUT2D eigenvalue weighted by atomic mass is 9.84. The number of aromatic nitrogens is 3. The first kappa shape index (κ1) is 25.1. The van der Waals surface area contributed by atoms with Crippen molar-refractivity contribution in [1.82, 2.24) is 19.1 Å². The Kier molecular flexibility index (Phi) is 6.63. The molecule has 2 aromatic rings. The van der Waals surface area contributed by atoms with E-state index in [4.69, 9.17) is 16.3 Å². The molecule has 0 radical (unpaired) electrons. The highest BCUT2D eigenvalue weighted by molar-refractivity contribution is 7.84. The Hall–Kier alpha value is -3.57. The van der Waals surface area contributed by atoms with Gasteiger partial charge in [0, 0.05) is 18.0 Å². The molecule has 34 heavy (non-hydrogen) atoms. The standard InChI is InChI=1S/C17H21N7O8S2/c1-17(2,15(27)28)32-22-13(9-7-33-16(19)20-9)11(25)5-8-10(6-23-4-3-12(18)21-23)24(14(8)26)34(29,30)31/h3-4,7-8,10H,5-6H2,1-2H3,(H2,18,21)(H2,19,20)(H,27,28)(H,29,30,31)/b22-13-/t8-,10+/m0/s1. The van der Waals surface area contributed by atoms with Crippen molar-refractivity contribution < 1.29 is 37.3 Å². The van der Waals surface area contributed by atoms with Gasteiger partial charge in [0.1, 0.15) is 11.5 Å². The van der Waals surface area contributed by atoms with Gasteiger partial charge in [0.15, 0.2) is 16.6 Å². The van der Waals surface area contributed by atoms with Crippen LogP contribution in [0.5, 0.6) is 0 Å². The van der Waals surface area contributed by atoms with Crippen LogP contribution in [0.4, 0.5) is 10.9 Å². The number of hydrogen-bond acceptors (Lipinski definition) is 12. The summed E-state index contributed by atoms with van der Waals surface area (Å²) >= 11 is 0.988. The second kappa shape index (κ2) is 8.99. The molecular weight excluding hydrogens is 494 g/mol. The van der Waals surface area contributed by atoms with E-state index < -0.39 is 57.7 Å². The van der Waals surface area contributed by atoms with E-state index >= 15 is 0 Å². The van der Waals surface area contributed by atoms with E-state index in [1.807, 2.05) is 0 Å². The number of carboxylic acid groups (broad SMARTS) is 1. The van der Waals surface area contributed by atoms with E-state index in [1.54, 1.807) is 0 Å². The number of thiazole rings is 1. The minimum atomic E-state index is -4.90. The van der Waals surface area contributed by atoms with E-state index in [-0.39, 0.29) is 27.5 Å². The smallest absolute Gasteiger partial charge is 0.362 e. The SMILES string of the molecule is CC(C)(O/N=C(\C(=O)C[C@@H]1C(=O)N(S(=O)(=O)O)[C@@H]1Cn1ccc(N)n1)c1csc(N)n1)C(=O)O. The van der Waals surface area contributed by atoms with Gasteiger partial charge in [-0.25, -0.2) is 14.1 Å². The van der Waals surface area contributed by atoms with Gasteiger partial charge >= 0.3 is 16.3 Å². The number of β-lactam (4-membered cyclic amide) rings is 1. The van der Waals surface area contributed by atoms with Gasteiger partial charge in [-0.05, 0) is 19.9 Å². The number of amides is 1. The van der Waals surface area contributed by atoms with Gasteiger partial charge in [0.25, 0.3) is 0 Å². The van der Waals surface area contributed by atoms with Crippen molar-refractivity contribution in [3.63, 3.8) is 0 Å². The summed E-state index contributed by atoms with van der Waals surface area (Å²) in [7, 11) is -4.90. The number of rotatable bonds is 10. The third-order valence-electron chi connectivity index (χ3n) is 4.90. The van der Waals surface area contributed by atoms with Gasteiger partial charge in [-0.15, -0.1) is 11.3 Å². The molecule has 1 aliphatic rings. The lowest BCUT2D eigenvalue weighted by Crippen LogP contribution is -2.64. The molecule has 0 bridgehead atoms. The normalized spacial score (nSPS) is 19.1. The summed E-state index contributed by atoms with van der Waals surface area (Å²) in [5.74, 6) is -4.17. The quantitative estimate of drug-likeness (QED) is 0.134. The molecule has 15 nitrogen and oxygen atoms in total.